The van der Waals surface area contributed by atoms with E-state index < -0.39 is 4.92 Å². The molecule has 29 heavy (non-hydrogen) atoms. The number of nitrogens with zero attached hydrogens (tertiary/aromatic N) is 1. The van der Waals surface area contributed by atoms with Gasteiger partial charge in [-0.15, -0.1) is 0 Å². The highest BCUT2D eigenvalue weighted by Crippen LogP contribution is 2.29. The van der Waals surface area contributed by atoms with Gasteiger partial charge in [0.15, 0.2) is 0 Å². The second kappa shape index (κ2) is 16.9. The van der Waals surface area contributed by atoms with Gasteiger partial charge in [0.2, 0.25) is 0 Å². The Bertz CT molecular complexity index is 559. The summed E-state index contributed by atoms with van der Waals surface area (Å²) < 4.78 is 26.8. The molecule has 0 saturated carbocycles. The fourth-order valence-electron chi connectivity index (χ4n) is 2.19. The highest BCUT2D eigenvalue weighted by atomic mass is 16.6. The Morgan fingerprint density at radius 1 is 0.931 bits per heavy atom. The van der Waals surface area contributed by atoms with Crippen molar-refractivity contribution >= 4 is 11.4 Å². The van der Waals surface area contributed by atoms with Gasteiger partial charge in [0.05, 0.1) is 76.1 Å². The van der Waals surface area contributed by atoms with E-state index in [1.54, 1.807) is 6.07 Å². The van der Waals surface area contributed by atoms with E-state index in [0.29, 0.717) is 58.6 Å². The number of rotatable bonds is 19. The van der Waals surface area contributed by atoms with Gasteiger partial charge in [0, 0.05) is 12.6 Å². The van der Waals surface area contributed by atoms with Crippen molar-refractivity contribution in [3.8, 4) is 5.75 Å². The Morgan fingerprint density at radius 3 is 2.00 bits per heavy atom. The van der Waals surface area contributed by atoms with Crippen molar-refractivity contribution in [1.82, 2.24) is 0 Å². The van der Waals surface area contributed by atoms with Gasteiger partial charge in [-0.25, -0.2) is 0 Å². The molecule has 1 aromatic carbocycles. The molecule has 0 saturated heterocycles. The first-order valence-electron chi connectivity index (χ1n) is 9.76. The van der Waals surface area contributed by atoms with Gasteiger partial charge in [-0.3, -0.25) is 10.1 Å². The van der Waals surface area contributed by atoms with E-state index in [1.165, 1.54) is 12.1 Å². The van der Waals surface area contributed by atoms with Crippen LogP contribution in [0.2, 0.25) is 0 Å². The number of aliphatic hydroxyl groups excluding tert-OH is 1. The Kier molecular flexibility index (Phi) is 14.6. The minimum absolute atomic E-state index is 0.0102. The monoisotopic (exact) mass is 416 g/mol. The molecule has 0 unspecified atom stereocenters. The molecule has 0 bridgehead atoms. The molecule has 10 nitrogen and oxygen atoms in total. The highest BCUT2D eigenvalue weighted by Gasteiger charge is 2.11. The van der Waals surface area contributed by atoms with E-state index in [9.17, 15) is 10.1 Å². The number of benzene rings is 1. The van der Waals surface area contributed by atoms with Crippen molar-refractivity contribution in [2.75, 3.05) is 77.9 Å². The largest absolute Gasteiger partial charge is 0.489 e. The van der Waals surface area contributed by atoms with Crippen LogP contribution in [0.25, 0.3) is 0 Å². The molecule has 0 aliphatic carbocycles. The maximum absolute atomic E-state index is 10.9. The van der Waals surface area contributed by atoms with Crippen LogP contribution in [0.1, 0.15) is 13.3 Å². The standard InChI is InChI=1S/C19H32N2O8/c1-2-5-20-18-4-3-17(21(23)24)16-19(18)29-15-14-28-13-12-27-11-10-26-9-8-25-7-6-22/h3-4,16,20,22H,2,5-15H2,1H3. The van der Waals surface area contributed by atoms with E-state index in [4.69, 9.17) is 28.8 Å². The molecule has 0 amide bonds. The lowest BCUT2D eigenvalue weighted by molar-refractivity contribution is -0.384. The molecule has 0 spiro atoms. The van der Waals surface area contributed by atoms with Crippen LogP contribution in [0.4, 0.5) is 11.4 Å². The molecule has 0 aliphatic rings. The molecule has 1 rings (SSSR count). The lowest BCUT2D eigenvalue weighted by atomic mass is 10.2. The summed E-state index contributed by atoms with van der Waals surface area (Å²) in [6.07, 6.45) is 0.933. The first kappa shape index (κ1) is 25.1. The first-order chi connectivity index (χ1) is 14.2. The van der Waals surface area contributed by atoms with E-state index >= 15 is 0 Å². The summed E-state index contributed by atoms with van der Waals surface area (Å²) >= 11 is 0. The number of hydrogen-bond donors (Lipinski definition) is 2. The minimum Gasteiger partial charge on any atom is -0.489 e. The zero-order chi connectivity index (χ0) is 21.2. The van der Waals surface area contributed by atoms with Gasteiger partial charge in [-0.2, -0.15) is 0 Å². The zero-order valence-electron chi connectivity index (χ0n) is 17.0. The van der Waals surface area contributed by atoms with Gasteiger partial charge >= 0.3 is 0 Å². The maximum atomic E-state index is 10.9. The molecule has 0 heterocycles. The molecule has 0 radical (unpaired) electrons. The maximum Gasteiger partial charge on any atom is 0.273 e. The van der Waals surface area contributed by atoms with E-state index in [-0.39, 0.29) is 18.9 Å². The number of non-ortho nitro benzene ring substituents is 1. The Balaban J connectivity index is 2.10. The third-order valence-electron chi connectivity index (χ3n) is 3.58. The average molecular weight is 416 g/mol. The van der Waals surface area contributed by atoms with Crippen molar-refractivity contribution in [1.29, 1.82) is 0 Å². The molecule has 0 fully saturated rings. The van der Waals surface area contributed by atoms with E-state index in [0.717, 1.165) is 18.7 Å². The molecule has 10 heteroatoms. The van der Waals surface area contributed by atoms with Crippen molar-refractivity contribution in [3.63, 3.8) is 0 Å². The summed E-state index contributed by atoms with van der Waals surface area (Å²) in [4.78, 5) is 10.5. The molecule has 0 aromatic heterocycles. The summed E-state index contributed by atoms with van der Waals surface area (Å²) in [7, 11) is 0. The van der Waals surface area contributed by atoms with Crippen LogP contribution in [-0.4, -0.2) is 82.6 Å². The van der Waals surface area contributed by atoms with Gasteiger partial charge in [-0.1, -0.05) is 6.92 Å². The zero-order valence-corrected chi connectivity index (χ0v) is 17.0. The third-order valence-corrected chi connectivity index (χ3v) is 3.58. The SMILES string of the molecule is CCCNc1ccc([N+](=O)[O-])cc1OCCOCCOCCOCCOCCO. The second-order valence-electron chi connectivity index (χ2n) is 5.89. The lowest BCUT2D eigenvalue weighted by Gasteiger charge is -2.13. The van der Waals surface area contributed by atoms with Gasteiger partial charge in [0.1, 0.15) is 12.4 Å². The van der Waals surface area contributed by atoms with Gasteiger partial charge < -0.3 is 34.1 Å². The van der Waals surface area contributed by atoms with Crippen molar-refractivity contribution < 1.29 is 33.7 Å². The van der Waals surface area contributed by atoms with Crippen LogP contribution in [0.3, 0.4) is 0 Å². The number of ether oxygens (including phenoxy) is 5. The molecular formula is C19H32N2O8. The Hall–Kier alpha value is -1.98. The average Bonchev–Trinajstić information content (AvgIpc) is 2.72. The molecule has 166 valence electrons. The molecule has 1 aromatic rings. The Morgan fingerprint density at radius 2 is 1.48 bits per heavy atom. The number of hydrogen-bond acceptors (Lipinski definition) is 9. The van der Waals surface area contributed by atoms with Crippen LogP contribution in [0.15, 0.2) is 18.2 Å². The first-order valence-corrected chi connectivity index (χ1v) is 9.76. The summed E-state index contributed by atoms with van der Waals surface area (Å²) in [5.74, 6) is 0.438. The molecular weight excluding hydrogens is 384 g/mol. The summed E-state index contributed by atoms with van der Waals surface area (Å²) in [6.45, 7) is 6.42. The van der Waals surface area contributed by atoms with Crippen molar-refractivity contribution in [3.05, 3.63) is 28.3 Å². The van der Waals surface area contributed by atoms with Crippen LogP contribution >= 0.6 is 0 Å². The topological polar surface area (TPSA) is 122 Å². The van der Waals surface area contributed by atoms with Crippen LogP contribution in [-0.2, 0) is 18.9 Å². The number of nitrogens with one attached hydrogen (secondary N) is 1. The van der Waals surface area contributed by atoms with Crippen molar-refractivity contribution in [2.24, 2.45) is 0 Å². The van der Waals surface area contributed by atoms with Crippen molar-refractivity contribution in [2.45, 2.75) is 13.3 Å². The Labute approximate surface area is 171 Å². The minimum atomic E-state index is -0.448. The molecule has 2 N–H and O–H groups in total. The van der Waals surface area contributed by atoms with E-state index in [1.807, 2.05) is 6.92 Å². The smallest absolute Gasteiger partial charge is 0.273 e. The van der Waals surface area contributed by atoms with Crippen LogP contribution < -0.4 is 10.1 Å². The van der Waals surface area contributed by atoms with E-state index in [2.05, 4.69) is 5.32 Å². The number of nitro benzene ring substituents is 1. The summed E-state index contributed by atoms with van der Waals surface area (Å²) in [6, 6.07) is 4.51. The van der Waals surface area contributed by atoms with Gasteiger partial charge in [0.25, 0.3) is 5.69 Å². The molecule has 0 aliphatic heterocycles. The summed E-state index contributed by atoms with van der Waals surface area (Å²) in [5.41, 5.74) is 0.709. The highest BCUT2D eigenvalue weighted by molar-refractivity contribution is 5.60. The fraction of sp³-hybridized carbons (Fsp3) is 0.684. The third kappa shape index (κ3) is 12.2. The predicted molar refractivity (Wildman–Crippen MR) is 108 cm³/mol. The summed E-state index contributed by atoms with van der Waals surface area (Å²) in [5, 5.41) is 22.7. The fourth-order valence-corrected chi connectivity index (χ4v) is 2.19. The normalized spacial score (nSPS) is 10.8. The van der Waals surface area contributed by atoms with Gasteiger partial charge in [-0.05, 0) is 12.5 Å². The lowest BCUT2D eigenvalue weighted by Crippen LogP contribution is -2.14. The predicted octanol–water partition coefficient (Wildman–Crippen LogP) is 1.85. The number of aliphatic hydroxyl groups is 1. The number of nitro groups is 1. The second-order valence-corrected chi connectivity index (χ2v) is 5.89. The quantitative estimate of drug-likeness (QED) is 0.198. The molecule has 0 atom stereocenters. The number of anilines is 1. The van der Waals surface area contributed by atoms with Crippen LogP contribution in [0, 0.1) is 10.1 Å². The van der Waals surface area contributed by atoms with Crippen LogP contribution in [0.5, 0.6) is 5.75 Å².